The molecule has 0 spiro atoms. The van der Waals surface area contributed by atoms with Gasteiger partial charge in [-0.3, -0.25) is 58.3 Å². The van der Waals surface area contributed by atoms with E-state index in [-0.39, 0.29) is 98.8 Å². The predicted molar refractivity (Wildman–Crippen MR) is 270 cm³/mol. The summed E-state index contributed by atoms with van der Waals surface area (Å²) in [5, 5.41) is 26.3. The zero-order valence-corrected chi connectivity index (χ0v) is 47.8. The molecular formula is C54H73CoN6O16. The zero-order chi connectivity index (χ0) is 58.3. The van der Waals surface area contributed by atoms with E-state index in [1.807, 2.05) is 27.7 Å². The van der Waals surface area contributed by atoms with Crippen molar-refractivity contribution >= 4 is 70.6 Å². The number of ether oxygens (including phenoxy) is 7. The van der Waals surface area contributed by atoms with Crippen LogP contribution in [0, 0.1) is 69.0 Å². The minimum atomic E-state index is -1.47. The summed E-state index contributed by atoms with van der Waals surface area (Å²) in [5.41, 5.74) is -3.89. The van der Waals surface area contributed by atoms with Gasteiger partial charge in [-0.05, 0) is 57.1 Å². The fraction of sp³-hybridized carbons (Fsp3) is 0.667. The van der Waals surface area contributed by atoms with E-state index in [0.29, 0.717) is 22.7 Å². The Hall–Kier alpha value is -6.59. The van der Waals surface area contributed by atoms with E-state index in [4.69, 9.17) is 71.8 Å². The molecule has 0 saturated carbocycles. The fourth-order valence-electron chi connectivity index (χ4n) is 11.5. The number of aliphatic imine (C=N–C) groups is 4. The Labute approximate surface area is 461 Å². The molecule has 0 aliphatic carbocycles. The Bertz CT molecular complexity index is 2490. The Morgan fingerprint density at radius 1 is 0.662 bits per heavy atom. The number of Topliss-reactive ketones (excluding diaryl/α,β-unsaturated/α-hetero) is 1. The van der Waals surface area contributed by atoms with Gasteiger partial charge in [0, 0.05) is 101 Å². The van der Waals surface area contributed by atoms with Crippen LogP contribution in [0.2, 0.25) is 0 Å². The van der Waals surface area contributed by atoms with Crippen molar-refractivity contribution in [3.8, 4) is 0 Å². The molecule has 0 aromatic heterocycles. The second-order valence-corrected chi connectivity index (χ2v) is 20.6. The molecule has 4 rings (SSSR count). The van der Waals surface area contributed by atoms with Crippen molar-refractivity contribution in [1.29, 1.82) is 10.5 Å². The van der Waals surface area contributed by atoms with Crippen LogP contribution in [0.1, 0.15) is 126 Å². The Kier molecular flexibility index (Phi) is 25.5. The summed E-state index contributed by atoms with van der Waals surface area (Å²) in [6.07, 6.45) is 1.00. The summed E-state index contributed by atoms with van der Waals surface area (Å²) in [5.74, 6) is -7.80. The van der Waals surface area contributed by atoms with E-state index in [2.05, 4.69) is 4.99 Å². The van der Waals surface area contributed by atoms with Crippen LogP contribution in [0.15, 0.2) is 43.0 Å². The number of hydrogen-bond acceptors (Lipinski definition) is 22. The van der Waals surface area contributed by atoms with E-state index in [1.165, 1.54) is 56.7 Å². The smallest absolute Gasteiger partial charge is 0.861 e. The maximum absolute atomic E-state index is 13.8. The number of carbonyl (C=O) groups is 8. The molecule has 0 amide bonds. The number of carbonyl (C=O) groups excluding carboxylic acids is 8. The van der Waals surface area contributed by atoms with Crippen molar-refractivity contribution in [1.82, 2.24) is 0 Å². The van der Waals surface area contributed by atoms with Gasteiger partial charge in [-0.25, -0.2) is 0 Å². The summed E-state index contributed by atoms with van der Waals surface area (Å²) in [4.78, 5) is 125. The first-order chi connectivity index (χ1) is 35.6. The summed E-state index contributed by atoms with van der Waals surface area (Å²) in [7, 11) is 8.76. The number of hydrogen-bond donors (Lipinski definition) is 0. The van der Waals surface area contributed by atoms with Crippen LogP contribution in [0.4, 0.5) is 0 Å². The van der Waals surface area contributed by atoms with Gasteiger partial charge in [0.25, 0.3) is 0 Å². The Morgan fingerprint density at radius 3 is 1.57 bits per heavy atom. The third-order valence-corrected chi connectivity index (χ3v) is 16.3. The van der Waals surface area contributed by atoms with Crippen molar-refractivity contribution in [2.24, 2.45) is 65.3 Å². The molecule has 4 heterocycles. The normalized spacial score (nSPS) is 28.7. The van der Waals surface area contributed by atoms with Crippen LogP contribution >= 0.6 is 0 Å². The van der Waals surface area contributed by atoms with Gasteiger partial charge in [-0.15, -0.1) is 0 Å². The first-order valence-electron chi connectivity index (χ1n) is 24.5. The SMILES string of the molecule is COC(=O)CC[14C@@H]1/C(=C(\C)C2=N[14C@@H]([14C@]3(C)N=C(C(C)=O)[14C@@H](CCC(=O)OC)[C@]3(C)CC(=O)OC)[C@H](CC(=O)OC)[14C@@]2(C)CCC(=O)OC)N=[14C](/C=C2\N=[14C]([O-])[C@@](C)(CC(=O)OC)[14C@@H]2CCC(=O)OC)C1(C)C.[C-]#N.[C-]#N.[Co+3]. The van der Waals surface area contributed by atoms with Crippen LogP contribution in [0.5, 0.6) is 0 Å². The van der Waals surface area contributed by atoms with Crippen molar-refractivity contribution in [3.05, 3.63) is 36.2 Å². The molecule has 22 nitrogen and oxygen atoms in total. The third kappa shape index (κ3) is 14.3. The second-order valence-electron chi connectivity index (χ2n) is 20.6. The van der Waals surface area contributed by atoms with Crippen LogP contribution in [-0.4, -0.2) is 132 Å². The average molecular weight is 1140 g/mol. The topological polar surface area (TPSA) is 321 Å². The standard InChI is InChI=1S/C52H74N4O16.2CN.Co/c1-28(43-31(17-20-37(59)67-10)48(3,4)35(54-43)25-34-30(16-19-36(58)66-9)50(6,47(65)53-34)26-41(63)71-14)45-49(5,23-22-39(61)69-12)33(24-40(62)70-13)46(55-45)52(8)51(7,27-42(64)72-15)32(18-21-38(60)68-11)44(56-52)29(2)57;2*1-2;/h25,30-33,46H,16-24,26-27H2,1-15H3,(H,53,65);;;/q;2*-1;+3/p-1/b34-25-,43-28-;;;/t30-,31-,32-,33+,46-,49-,50+,51+,52+;;;/m1.../s1/i30+2,31+2,32+2,35+2,46+2,47+2,49+2,52+2;;;. The Balaban J connectivity index is 0.00000579. The Morgan fingerprint density at radius 2 is 1.10 bits per heavy atom. The average Bonchev–Trinajstić information content (AvgIpc) is 4.00. The number of ketones is 1. The minimum Gasteiger partial charge on any atom is -0.861 e. The van der Waals surface area contributed by atoms with Crippen molar-refractivity contribution in [2.45, 2.75) is 138 Å². The van der Waals surface area contributed by atoms with Gasteiger partial charge in [-0.1, -0.05) is 34.6 Å². The van der Waals surface area contributed by atoms with Gasteiger partial charge >= 0.3 is 58.6 Å². The van der Waals surface area contributed by atoms with Gasteiger partial charge in [0.05, 0.1) is 86.3 Å². The molecule has 9 atom stereocenters. The summed E-state index contributed by atoms with van der Waals surface area (Å²) >= 11 is 0. The largest absolute Gasteiger partial charge is 3.00 e. The van der Waals surface area contributed by atoms with E-state index in [0.717, 1.165) is 0 Å². The van der Waals surface area contributed by atoms with Crippen LogP contribution in [0.25, 0.3) is 0 Å². The fourth-order valence-corrected chi connectivity index (χ4v) is 11.5. The molecule has 0 aromatic carbocycles. The number of esters is 7. The molecule has 0 N–H and O–H groups in total. The van der Waals surface area contributed by atoms with Gasteiger partial charge < -0.3 is 61.9 Å². The van der Waals surface area contributed by atoms with Crippen molar-refractivity contribution in [3.63, 3.8) is 0 Å². The van der Waals surface area contributed by atoms with E-state index in [9.17, 15) is 43.5 Å². The van der Waals surface area contributed by atoms with E-state index >= 15 is 0 Å². The van der Waals surface area contributed by atoms with Gasteiger partial charge in [0.1, 0.15) is 0 Å². The molecule has 4 aliphatic heterocycles. The third-order valence-electron chi connectivity index (χ3n) is 16.3. The van der Waals surface area contributed by atoms with Crippen LogP contribution in [-0.2, 0) is 88.3 Å². The quantitative estimate of drug-likeness (QED) is 0.0764. The molecule has 4 aliphatic rings. The second kappa shape index (κ2) is 28.7. The maximum Gasteiger partial charge on any atom is 3.00 e. The summed E-state index contributed by atoms with van der Waals surface area (Å²) in [6.45, 7) is 23.6. The summed E-state index contributed by atoms with van der Waals surface area (Å²) in [6, 6.07) is -1.00. The van der Waals surface area contributed by atoms with Crippen LogP contribution in [0.3, 0.4) is 0 Å². The molecule has 77 heavy (non-hydrogen) atoms. The molecule has 424 valence electrons. The molecule has 0 radical (unpaired) electrons. The first kappa shape index (κ1) is 68.4. The van der Waals surface area contributed by atoms with Crippen molar-refractivity contribution < 1.29 is 93.4 Å². The van der Waals surface area contributed by atoms with Crippen molar-refractivity contribution in [2.75, 3.05) is 49.8 Å². The number of methoxy groups -OCH3 is 7. The molecule has 23 heteroatoms. The zero-order valence-electron chi connectivity index (χ0n) is 46.8. The molecular weight excluding hydrogens is 1060 g/mol. The molecule has 0 aromatic rings. The van der Waals surface area contributed by atoms with E-state index < -0.39 is 110 Å². The van der Waals surface area contributed by atoms with Crippen LogP contribution < -0.4 is 5.11 Å². The van der Waals surface area contributed by atoms with E-state index in [1.54, 1.807) is 26.8 Å². The molecule has 0 saturated heterocycles. The number of nitrogens with zero attached hydrogens (tertiary/aromatic N) is 6. The maximum atomic E-state index is 13.8. The van der Waals surface area contributed by atoms with Gasteiger partial charge in [0.15, 0.2) is 5.78 Å². The summed E-state index contributed by atoms with van der Waals surface area (Å²) < 4.78 is 35.6. The van der Waals surface area contributed by atoms with Gasteiger partial charge in [-0.2, -0.15) is 0 Å². The predicted octanol–water partition coefficient (Wildman–Crippen LogP) is 5.20. The molecule has 0 bridgehead atoms. The number of allylic oxidation sites excluding steroid dienone is 4. The number of rotatable bonds is 22. The first-order valence-corrected chi connectivity index (χ1v) is 24.5. The minimum absolute atomic E-state index is 0. The van der Waals surface area contributed by atoms with Gasteiger partial charge in [0.2, 0.25) is 0 Å². The monoisotopic (exact) mass is 1140 g/mol. The molecule has 0 fully saturated rings. The molecule has 0 unspecified atom stereocenters.